The number of thiophene rings is 6. The zero-order valence-corrected chi connectivity index (χ0v) is 74.0. The summed E-state index contributed by atoms with van der Waals surface area (Å²) < 4.78 is 30.5. The van der Waals surface area contributed by atoms with E-state index in [2.05, 4.69) is 108 Å². The fourth-order valence-electron chi connectivity index (χ4n) is 17.7. The number of allylic oxidation sites excluding steroid dienone is 6. The van der Waals surface area contributed by atoms with Crippen molar-refractivity contribution in [1.82, 2.24) is 19.1 Å². The van der Waals surface area contributed by atoms with Gasteiger partial charge in [-0.15, -0.1) is 45.3 Å². The van der Waals surface area contributed by atoms with Crippen LogP contribution in [0.25, 0.3) is 152 Å². The highest BCUT2D eigenvalue weighted by molar-refractivity contribution is 7.36. The normalized spacial score (nSPS) is 14.6. The zero-order chi connectivity index (χ0) is 85.1. The molecule has 122 heavy (non-hydrogen) atoms. The second-order valence-corrected chi connectivity index (χ2v) is 37.8. The van der Waals surface area contributed by atoms with Crippen molar-refractivity contribution in [3.63, 3.8) is 0 Å². The number of fused-ring (bicyclic) bond motifs is 18. The number of hydrogen-bond acceptors (Lipinski definition) is 18. The molecular weight excluding hydrogens is 1630 g/mol. The van der Waals surface area contributed by atoms with E-state index in [1.165, 1.54) is 25.7 Å². The van der Waals surface area contributed by atoms with Crippen molar-refractivity contribution < 1.29 is 23.8 Å². The van der Waals surface area contributed by atoms with Gasteiger partial charge in [0.25, 0.3) is 11.4 Å². The molecule has 14 aromatic rings. The van der Waals surface area contributed by atoms with Gasteiger partial charge in [0, 0.05) is 87.9 Å². The average molecular weight is 1720 g/mol. The van der Waals surface area contributed by atoms with Crippen molar-refractivity contribution in [2.75, 3.05) is 20.3 Å². The maximum absolute atomic E-state index is 15.7. The minimum absolute atomic E-state index is 0.155. The molecule has 23 heteroatoms. The molecule has 2 aliphatic rings. The van der Waals surface area contributed by atoms with Crippen LogP contribution in [0.4, 0.5) is 5.69 Å². The molecule has 608 valence electrons. The Labute approximate surface area is 732 Å². The van der Waals surface area contributed by atoms with E-state index in [0.717, 1.165) is 205 Å². The molecule has 2 aliphatic carbocycles. The van der Waals surface area contributed by atoms with E-state index in [-0.39, 0.29) is 90.6 Å². The Morgan fingerprint density at radius 3 is 1.33 bits per heavy atom. The van der Waals surface area contributed by atoms with Crippen molar-refractivity contribution >= 4 is 202 Å². The van der Waals surface area contributed by atoms with E-state index in [4.69, 9.17) is 43.9 Å². The van der Waals surface area contributed by atoms with Crippen LogP contribution >= 0.6 is 68.0 Å². The number of nitrogens with zero attached hydrogens (tertiary/aromatic N) is 12. The molecule has 0 fully saturated rings. The molecule has 5 aromatic carbocycles. The Balaban J connectivity index is 0.998. The molecule has 0 saturated heterocycles. The molecule has 17 nitrogen and oxygen atoms in total. The molecule has 2 atom stereocenters. The molecule has 0 spiro atoms. The SMILES string of the molecule is [C-]#[N+]/C(C#N)=C1\C(=C\c2sc3c(sc4c5c6nc(OC)cnc6c6c7sc8c(-c9ccc(OCCCCCCCC)s9)c(/C=C9\C(=O)c%10cc%11cc(C#N)c([N+]#[C-])cc%11cc%10\C9=C(\C#N)[N+]#[C-])sc8c7n(CC(CC)CCCC)c6c5n(CC(CC)CCCC)c34)c2-c2ccc(OCCCCCCCC)s2)C(=O)c2cc3cc(C#N)c(C#N)cc3cc21. The summed E-state index contributed by atoms with van der Waals surface area (Å²) in [6.45, 7) is 40.8. The minimum atomic E-state index is -0.376. The number of hydrogen-bond donors (Lipinski definition) is 0. The van der Waals surface area contributed by atoms with Crippen LogP contribution in [0.1, 0.15) is 228 Å². The summed E-state index contributed by atoms with van der Waals surface area (Å²) in [5.74, 6) is 0.0307. The van der Waals surface area contributed by atoms with Crippen LogP contribution in [0, 0.1) is 88.2 Å². The Morgan fingerprint density at radius 2 is 0.910 bits per heavy atom. The van der Waals surface area contributed by atoms with E-state index in [0.29, 0.717) is 75.9 Å². The molecule has 0 N–H and O–H groups in total. The quantitative estimate of drug-likeness (QED) is 0.0162. The first kappa shape index (κ1) is 83.5. The topological polar surface area (TPSA) is 230 Å². The van der Waals surface area contributed by atoms with Gasteiger partial charge < -0.3 is 23.3 Å². The molecule has 9 heterocycles. The summed E-state index contributed by atoms with van der Waals surface area (Å²) in [5.41, 5.74) is 9.55. The van der Waals surface area contributed by atoms with Gasteiger partial charge in [-0.05, 0) is 155 Å². The van der Waals surface area contributed by atoms with Crippen LogP contribution in [-0.2, 0) is 13.1 Å². The van der Waals surface area contributed by atoms with Crippen molar-refractivity contribution in [1.29, 1.82) is 26.3 Å². The third kappa shape index (κ3) is 15.0. The number of carbonyl (C=O) groups is 2. The molecule has 0 aliphatic heterocycles. The van der Waals surface area contributed by atoms with Gasteiger partial charge in [-0.2, -0.15) is 15.8 Å². The van der Waals surface area contributed by atoms with Crippen LogP contribution in [0.15, 0.2) is 102 Å². The Kier molecular flexibility index (Phi) is 24.9. The van der Waals surface area contributed by atoms with Crippen LogP contribution < -0.4 is 14.2 Å². The van der Waals surface area contributed by atoms with Gasteiger partial charge in [0.15, 0.2) is 21.7 Å². The summed E-state index contributed by atoms with van der Waals surface area (Å²) in [7, 11) is 1.62. The van der Waals surface area contributed by atoms with Crippen LogP contribution in [-0.4, -0.2) is 51.0 Å². The number of methoxy groups -OCH3 is 1. The predicted molar refractivity (Wildman–Crippen MR) is 501 cm³/mol. The lowest BCUT2D eigenvalue weighted by Gasteiger charge is -2.20. The lowest BCUT2D eigenvalue weighted by atomic mass is 9.96. The highest BCUT2D eigenvalue weighted by Gasteiger charge is 2.39. The number of ether oxygens (including phenoxy) is 3. The van der Waals surface area contributed by atoms with E-state index in [1.54, 1.807) is 130 Å². The van der Waals surface area contributed by atoms with E-state index >= 15 is 9.59 Å². The Hall–Kier alpha value is -12.1. The van der Waals surface area contributed by atoms with Crippen LogP contribution in [0.3, 0.4) is 0 Å². The first-order valence-corrected chi connectivity index (χ1v) is 47.1. The van der Waals surface area contributed by atoms with E-state index < -0.39 is 0 Å². The fraction of sp³-hybridized carbons (Fsp3) is 0.333. The Bertz CT molecular complexity index is 7140. The second kappa shape index (κ2) is 36.3. The van der Waals surface area contributed by atoms with E-state index in [9.17, 15) is 26.3 Å². The maximum atomic E-state index is 15.7. The number of rotatable bonds is 33. The lowest BCUT2D eigenvalue weighted by molar-refractivity contribution is 0.103. The first-order valence-electron chi connectivity index (χ1n) is 42.2. The Morgan fingerprint density at radius 1 is 0.484 bits per heavy atom. The van der Waals surface area contributed by atoms with Gasteiger partial charge in [-0.1, -0.05) is 167 Å². The number of benzene rings is 5. The number of Topliss-reactive ketones (excluding diaryl/α,β-unsaturated/α-hetero) is 2. The molecule has 2 unspecified atom stereocenters. The van der Waals surface area contributed by atoms with Crippen molar-refractivity contribution in [3.05, 3.63) is 184 Å². The van der Waals surface area contributed by atoms with Gasteiger partial charge in [-0.3, -0.25) is 9.59 Å². The largest absolute Gasteiger partial charge is 0.484 e. The maximum Gasteiger partial charge on any atom is 0.270 e. The third-order valence-corrected chi connectivity index (χ3v) is 31.0. The smallest absolute Gasteiger partial charge is 0.270 e. The lowest BCUT2D eigenvalue weighted by Crippen LogP contribution is -2.13. The molecule has 0 amide bonds. The van der Waals surface area contributed by atoms with Crippen LogP contribution in [0.2, 0.25) is 0 Å². The van der Waals surface area contributed by atoms with E-state index in [1.807, 2.05) is 24.3 Å². The molecule has 9 aromatic heterocycles. The summed E-state index contributed by atoms with van der Waals surface area (Å²) in [4.78, 5) is 57.0. The van der Waals surface area contributed by atoms with Gasteiger partial charge >= 0.3 is 0 Å². The van der Waals surface area contributed by atoms with Gasteiger partial charge in [-0.25, -0.2) is 35.0 Å². The summed E-state index contributed by atoms with van der Waals surface area (Å²) >= 11 is 9.65. The monoisotopic (exact) mass is 1710 g/mol. The summed E-state index contributed by atoms with van der Waals surface area (Å²) in [6.07, 6.45) is 26.6. The second-order valence-electron chi connectivity index (χ2n) is 31.5. The zero-order valence-electron chi connectivity index (χ0n) is 69.1. The van der Waals surface area contributed by atoms with Gasteiger partial charge in [0.05, 0.1) is 131 Å². The molecule has 0 radical (unpaired) electrons. The molecular formula is C99H86N12O5S6. The number of ketones is 2. The predicted octanol–water partition coefficient (Wildman–Crippen LogP) is 29.1. The molecule has 16 rings (SSSR count). The standard InChI is InChI=1S/C99H86N12O5S6/c1-11-17-21-23-25-27-35-115-78-33-31-73(117-78)82-75(46-69-81(72(51-104)107-9)65-41-60-44-70(105-7)63(49-102)39-59(60)43-67(65)93(69)113)119-98-90-94(121-96(82)98)84-86-87(109-77(114-10)52-108-86)85-89(88(84)110(90)53-55(15-5)29-19-13-3)111(54-56(16-6)30-20-14-4)91-95(85)122-97-83(74-32-34-79(118-74)116-36-28-26-24-22-18-12-2)76(120-99(91)97)45-68-80(71(50-103)106-8)64-40-57-37-61(47-100)62(48-101)38-58(57)42-66(64)92(68)112/h31-34,37-46,52,55-56H,11-30,35-36,53-54H2,1-6,10H3/b68-45-,69-46-,80-71-,81-72+. The van der Waals surface area contributed by atoms with Crippen molar-refractivity contribution in [2.24, 2.45) is 11.8 Å². The fourth-order valence-corrected chi connectivity index (χ4v) is 25.7. The average Bonchev–Trinajstić information content (AvgIpc) is 1.50. The molecule has 0 saturated carbocycles. The number of unbranched alkanes of at least 4 members (excludes halogenated alkanes) is 12. The minimum Gasteiger partial charge on any atom is -0.484 e. The van der Waals surface area contributed by atoms with Crippen molar-refractivity contribution in [3.8, 4) is 67.2 Å². The highest BCUT2D eigenvalue weighted by Crippen LogP contribution is 2.60. The molecule has 0 bridgehead atoms. The number of aromatic nitrogens is 4. The highest BCUT2D eigenvalue weighted by atomic mass is 32.1. The number of carbonyl (C=O) groups excluding carboxylic acids is 2. The van der Waals surface area contributed by atoms with Crippen LogP contribution in [0.5, 0.6) is 16.0 Å². The third-order valence-electron chi connectivity index (χ3n) is 24.0. The summed E-state index contributed by atoms with van der Waals surface area (Å²) in [5, 5.41) is 58.1. The van der Waals surface area contributed by atoms with Gasteiger partial charge in [0.1, 0.15) is 23.2 Å². The van der Waals surface area contributed by atoms with Gasteiger partial charge in [0.2, 0.25) is 11.6 Å². The summed E-state index contributed by atoms with van der Waals surface area (Å²) in [6, 6.07) is 32.4. The van der Waals surface area contributed by atoms with Crippen molar-refractivity contribution in [2.45, 2.75) is 183 Å². The first-order chi connectivity index (χ1) is 59.7. The number of nitriles is 5.